The number of aromatic nitrogens is 3. The van der Waals surface area contributed by atoms with Gasteiger partial charge in [0.1, 0.15) is 5.82 Å². The molecule has 0 spiro atoms. The predicted molar refractivity (Wildman–Crippen MR) is 131 cm³/mol. The first kappa shape index (κ1) is 25.2. The summed E-state index contributed by atoms with van der Waals surface area (Å²) in [6.45, 7) is 6.21. The van der Waals surface area contributed by atoms with Gasteiger partial charge in [-0.1, -0.05) is 36.4 Å². The monoisotopic (exact) mass is 535 g/mol. The second kappa shape index (κ2) is 8.83. The Morgan fingerprint density at radius 2 is 1.92 bits per heavy atom. The van der Waals surface area contributed by atoms with Crippen LogP contribution in [0, 0.1) is 5.82 Å². The Labute approximate surface area is 214 Å². The van der Waals surface area contributed by atoms with E-state index < -0.39 is 28.3 Å². The van der Waals surface area contributed by atoms with Crippen molar-refractivity contribution in [1.29, 1.82) is 0 Å². The standard InChI is InChI=1S/C25H22ClF4N5O2/c1-3-19(36)33-10-11-34(14(2)13-33)21-15-12-17(27)20(26)31-22(15)35(23(37)32-21)18-7-5-4-6-16(18)24(8-9-24)25(28,29)30/h3-7,12,14H,1,8-11,13H2,2H3. The van der Waals surface area contributed by atoms with Crippen LogP contribution in [0.5, 0.6) is 0 Å². The predicted octanol–water partition coefficient (Wildman–Crippen LogP) is 4.39. The van der Waals surface area contributed by atoms with Gasteiger partial charge in [-0.25, -0.2) is 18.7 Å². The largest absolute Gasteiger partial charge is 0.398 e. The van der Waals surface area contributed by atoms with E-state index in [0.29, 0.717) is 13.1 Å². The first-order chi connectivity index (χ1) is 17.5. The number of rotatable bonds is 4. The number of alkyl halides is 3. The summed E-state index contributed by atoms with van der Waals surface area (Å²) >= 11 is 5.98. The normalized spacial score (nSPS) is 19.2. The Morgan fingerprint density at radius 3 is 2.54 bits per heavy atom. The first-order valence-electron chi connectivity index (χ1n) is 11.6. The Hall–Kier alpha value is -3.47. The molecule has 1 unspecified atom stereocenters. The summed E-state index contributed by atoms with van der Waals surface area (Å²) in [5.74, 6) is -0.987. The molecule has 1 aliphatic heterocycles. The molecular weight excluding hydrogens is 514 g/mol. The van der Waals surface area contributed by atoms with Gasteiger partial charge in [0.05, 0.1) is 16.5 Å². The van der Waals surface area contributed by atoms with E-state index in [9.17, 15) is 27.2 Å². The lowest BCUT2D eigenvalue weighted by molar-refractivity contribution is -0.160. The maximum Gasteiger partial charge on any atom is 0.398 e. The van der Waals surface area contributed by atoms with E-state index in [1.807, 2.05) is 6.92 Å². The molecule has 37 heavy (non-hydrogen) atoms. The van der Waals surface area contributed by atoms with Crippen LogP contribution < -0.4 is 10.6 Å². The molecule has 2 fully saturated rings. The molecule has 1 saturated carbocycles. The number of pyridine rings is 1. The van der Waals surface area contributed by atoms with Crippen molar-refractivity contribution in [3.63, 3.8) is 0 Å². The summed E-state index contributed by atoms with van der Waals surface area (Å²) in [5, 5.41) is -0.412. The average Bonchev–Trinajstić information content (AvgIpc) is 3.67. The van der Waals surface area contributed by atoms with Crippen LogP contribution in [-0.2, 0) is 10.2 Å². The second-order valence-electron chi connectivity index (χ2n) is 9.31. The summed E-state index contributed by atoms with van der Waals surface area (Å²) < 4.78 is 57.7. The lowest BCUT2D eigenvalue weighted by atomic mass is 9.93. The lowest BCUT2D eigenvalue weighted by Gasteiger charge is -2.40. The number of carbonyl (C=O) groups is 1. The van der Waals surface area contributed by atoms with E-state index in [2.05, 4.69) is 16.5 Å². The Bertz CT molecular complexity index is 1480. The van der Waals surface area contributed by atoms with E-state index in [1.165, 1.54) is 30.3 Å². The molecule has 7 nitrogen and oxygen atoms in total. The van der Waals surface area contributed by atoms with Gasteiger partial charge < -0.3 is 9.80 Å². The number of nitrogens with zero attached hydrogens (tertiary/aromatic N) is 5. The van der Waals surface area contributed by atoms with Crippen LogP contribution in [0.1, 0.15) is 25.3 Å². The fraction of sp³-hybridized carbons (Fsp3) is 0.360. The van der Waals surface area contributed by atoms with Crippen LogP contribution in [-0.4, -0.2) is 57.2 Å². The quantitative estimate of drug-likeness (QED) is 0.281. The second-order valence-corrected chi connectivity index (χ2v) is 9.67. The molecule has 1 aromatic carbocycles. The van der Waals surface area contributed by atoms with Crippen LogP contribution in [0.3, 0.4) is 0 Å². The number of halogens is 5. The summed E-state index contributed by atoms with van der Waals surface area (Å²) in [4.78, 5) is 37.1. The fourth-order valence-corrected chi connectivity index (χ4v) is 5.16. The van der Waals surface area contributed by atoms with E-state index >= 15 is 0 Å². The zero-order valence-electron chi connectivity index (χ0n) is 19.7. The topological polar surface area (TPSA) is 71.3 Å². The van der Waals surface area contributed by atoms with Gasteiger partial charge in [-0.2, -0.15) is 18.2 Å². The minimum Gasteiger partial charge on any atom is -0.350 e. The van der Waals surface area contributed by atoms with Crippen molar-refractivity contribution in [2.24, 2.45) is 0 Å². The maximum atomic E-state index is 14.6. The zero-order chi connectivity index (χ0) is 26.7. The number of hydrogen-bond acceptors (Lipinski definition) is 5. The molecule has 194 valence electrons. The number of piperazine rings is 1. The molecule has 0 radical (unpaired) electrons. The number of amides is 1. The van der Waals surface area contributed by atoms with Gasteiger partial charge in [0.15, 0.2) is 16.6 Å². The third-order valence-electron chi connectivity index (χ3n) is 7.10. The van der Waals surface area contributed by atoms with Crippen molar-refractivity contribution in [1.82, 2.24) is 19.4 Å². The molecule has 2 aliphatic rings. The van der Waals surface area contributed by atoms with Crippen molar-refractivity contribution in [3.05, 3.63) is 70.0 Å². The number of benzene rings is 1. The molecule has 0 bridgehead atoms. The highest BCUT2D eigenvalue weighted by Gasteiger charge is 2.65. The Kier molecular flexibility index (Phi) is 6.01. The highest BCUT2D eigenvalue weighted by Crippen LogP contribution is 2.60. The van der Waals surface area contributed by atoms with Gasteiger partial charge >= 0.3 is 11.9 Å². The van der Waals surface area contributed by atoms with E-state index in [4.69, 9.17) is 11.6 Å². The molecule has 5 rings (SSSR count). The van der Waals surface area contributed by atoms with Gasteiger partial charge in [-0.3, -0.25) is 4.79 Å². The van der Waals surface area contributed by atoms with Crippen LogP contribution >= 0.6 is 11.6 Å². The van der Waals surface area contributed by atoms with Crippen LogP contribution in [0.4, 0.5) is 23.4 Å². The lowest BCUT2D eigenvalue weighted by Crippen LogP contribution is -2.54. The smallest absolute Gasteiger partial charge is 0.350 e. The zero-order valence-corrected chi connectivity index (χ0v) is 20.5. The fourth-order valence-electron chi connectivity index (χ4n) is 5.03. The number of fused-ring (bicyclic) bond motifs is 1. The highest BCUT2D eigenvalue weighted by molar-refractivity contribution is 6.30. The van der Waals surface area contributed by atoms with Crippen LogP contribution in [0.25, 0.3) is 16.7 Å². The van der Waals surface area contributed by atoms with Gasteiger partial charge in [-0.15, -0.1) is 0 Å². The molecule has 2 aromatic heterocycles. The molecule has 3 aromatic rings. The molecule has 0 N–H and O–H groups in total. The third-order valence-corrected chi connectivity index (χ3v) is 7.36. The number of anilines is 1. The van der Waals surface area contributed by atoms with Crippen LogP contribution in [0.2, 0.25) is 5.15 Å². The molecule has 1 saturated heterocycles. The minimum atomic E-state index is -4.52. The SMILES string of the molecule is C=CC(=O)N1CCN(c2nc(=O)n(-c3ccccc3C3(C(F)(F)F)CC3)c3nc(Cl)c(F)cc23)C(C)C1. The number of carbonyl (C=O) groups excluding carboxylic acids is 1. The van der Waals surface area contributed by atoms with Crippen LogP contribution in [0.15, 0.2) is 47.8 Å². The van der Waals surface area contributed by atoms with E-state index in [1.54, 1.807) is 9.80 Å². The molecular formula is C25H22ClF4N5O2. The van der Waals surface area contributed by atoms with E-state index in [0.717, 1.165) is 10.6 Å². The summed E-state index contributed by atoms with van der Waals surface area (Å²) in [5.41, 5.74) is -3.17. The summed E-state index contributed by atoms with van der Waals surface area (Å²) in [6.07, 6.45) is -3.53. The minimum absolute atomic E-state index is 0.0315. The molecule has 1 atom stereocenters. The first-order valence-corrected chi connectivity index (χ1v) is 12.0. The van der Waals surface area contributed by atoms with Gasteiger partial charge in [0.25, 0.3) is 0 Å². The van der Waals surface area contributed by atoms with Gasteiger partial charge in [0, 0.05) is 25.7 Å². The van der Waals surface area contributed by atoms with Crippen molar-refractivity contribution in [2.45, 2.75) is 37.4 Å². The van der Waals surface area contributed by atoms with Crippen molar-refractivity contribution in [2.75, 3.05) is 24.5 Å². The van der Waals surface area contributed by atoms with Crippen molar-refractivity contribution in [3.8, 4) is 5.69 Å². The average molecular weight is 536 g/mol. The number of hydrogen-bond donors (Lipinski definition) is 0. The maximum absolute atomic E-state index is 14.6. The van der Waals surface area contributed by atoms with Gasteiger partial charge in [-0.05, 0) is 43.5 Å². The third kappa shape index (κ3) is 4.05. The molecule has 1 aliphatic carbocycles. The van der Waals surface area contributed by atoms with Crippen molar-refractivity contribution < 1.29 is 22.4 Å². The van der Waals surface area contributed by atoms with Crippen molar-refractivity contribution >= 4 is 34.4 Å². The van der Waals surface area contributed by atoms with Gasteiger partial charge in [0.2, 0.25) is 5.91 Å². The summed E-state index contributed by atoms with van der Waals surface area (Å²) in [6, 6.07) is 6.49. The Morgan fingerprint density at radius 1 is 1.22 bits per heavy atom. The number of para-hydroxylation sites is 1. The highest BCUT2D eigenvalue weighted by atomic mass is 35.5. The molecule has 3 heterocycles. The van der Waals surface area contributed by atoms with E-state index in [-0.39, 0.29) is 59.4 Å². The molecule has 12 heteroatoms. The summed E-state index contributed by atoms with van der Waals surface area (Å²) in [7, 11) is 0. The molecule has 1 amide bonds. The Balaban J connectivity index is 1.71.